The van der Waals surface area contributed by atoms with Crippen LogP contribution in [0.5, 0.6) is 0 Å². The van der Waals surface area contributed by atoms with Crippen LogP contribution in [0.2, 0.25) is 0 Å². The monoisotopic (exact) mass is 264 g/mol. The van der Waals surface area contributed by atoms with Crippen LogP contribution in [0.25, 0.3) is 0 Å². The van der Waals surface area contributed by atoms with Gasteiger partial charge >= 0.3 is 5.97 Å². The highest BCUT2D eigenvalue weighted by atomic mass is 32.2. The zero-order valence-corrected chi connectivity index (χ0v) is 10.4. The first-order valence-corrected chi connectivity index (χ1v) is 6.37. The summed E-state index contributed by atoms with van der Waals surface area (Å²) in [6, 6.07) is 8.70. The van der Waals surface area contributed by atoms with Gasteiger partial charge < -0.3 is 10.4 Å². The van der Waals surface area contributed by atoms with Crippen LogP contribution in [0.15, 0.2) is 24.3 Å². The Labute approximate surface area is 109 Å². The molecule has 1 aromatic rings. The van der Waals surface area contributed by atoms with Crippen LogP contribution in [0.4, 0.5) is 5.69 Å². The quantitative estimate of drug-likeness (QED) is 0.763. The van der Waals surface area contributed by atoms with Gasteiger partial charge in [0.2, 0.25) is 5.91 Å². The van der Waals surface area contributed by atoms with Gasteiger partial charge in [-0.2, -0.15) is 17.0 Å². The Kier molecular flexibility index (Phi) is 5.74. The lowest BCUT2D eigenvalue weighted by Gasteiger charge is -2.06. The van der Waals surface area contributed by atoms with Crippen LogP contribution >= 0.6 is 11.8 Å². The molecule has 94 valence electrons. The fraction of sp³-hybridized carbons (Fsp3) is 0.250. The van der Waals surface area contributed by atoms with E-state index in [2.05, 4.69) is 5.32 Å². The number of thioether (sulfide) groups is 1. The Bertz CT molecular complexity index is 482. The lowest BCUT2D eigenvalue weighted by atomic mass is 10.2. The molecule has 0 spiro atoms. The number of hydrogen-bond donors (Lipinski definition) is 2. The summed E-state index contributed by atoms with van der Waals surface area (Å²) in [7, 11) is 0. The number of carbonyl (C=O) groups excluding carboxylic acids is 1. The summed E-state index contributed by atoms with van der Waals surface area (Å²) in [5.41, 5.74) is 0.880. The molecule has 2 N–H and O–H groups in total. The summed E-state index contributed by atoms with van der Waals surface area (Å²) < 4.78 is 0. The first kappa shape index (κ1) is 14.1. The van der Waals surface area contributed by atoms with E-state index in [1.807, 2.05) is 6.07 Å². The van der Waals surface area contributed by atoms with Gasteiger partial charge in [-0.05, 0) is 12.1 Å². The molecule has 0 aliphatic rings. The number of rotatable bonds is 6. The second-order valence-electron chi connectivity index (χ2n) is 3.40. The van der Waals surface area contributed by atoms with Crippen molar-refractivity contribution in [1.29, 1.82) is 5.26 Å². The van der Waals surface area contributed by atoms with Gasteiger partial charge in [0.05, 0.1) is 23.4 Å². The SMILES string of the molecule is N#Cc1ccccc1NC(=O)CSCCC(=O)O. The average Bonchev–Trinajstić information content (AvgIpc) is 2.35. The van der Waals surface area contributed by atoms with Crippen molar-refractivity contribution in [2.75, 3.05) is 16.8 Å². The second-order valence-corrected chi connectivity index (χ2v) is 4.51. The third-order valence-electron chi connectivity index (χ3n) is 2.02. The molecule has 0 atom stereocenters. The van der Waals surface area contributed by atoms with Crippen molar-refractivity contribution in [2.24, 2.45) is 0 Å². The number of benzene rings is 1. The molecule has 1 amide bonds. The van der Waals surface area contributed by atoms with Crippen molar-refractivity contribution in [3.05, 3.63) is 29.8 Å². The lowest BCUT2D eigenvalue weighted by Crippen LogP contribution is -2.15. The van der Waals surface area contributed by atoms with Gasteiger partial charge in [0.15, 0.2) is 0 Å². The van der Waals surface area contributed by atoms with Gasteiger partial charge in [0.1, 0.15) is 6.07 Å². The molecule has 0 radical (unpaired) electrons. The molecule has 0 saturated carbocycles. The number of para-hydroxylation sites is 1. The Morgan fingerprint density at radius 2 is 2.11 bits per heavy atom. The molecule has 0 aliphatic heterocycles. The van der Waals surface area contributed by atoms with Crippen LogP contribution in [0, 0.1) is 11.3 Å². The second kappa shape index (κ2) is 7.35. The molecule has 0 bridgehead atoms. The zero-order valence-electron chi connectivity index (χ0n) is 9.55. The summed E-state index contributed by atoms with van der Waals surface area (Å²) in [6.07, 6.45) is 0.0345. The first-order valence-electron chi connectivity index (χ1n) is 5.22. The number of amides is 1. The zero-order chi connectivity index (χ0) is 13.4. The van der Waals surface area contributed by atoms with E-state index in [0.717, 1.165) is 0 Å². The third-order valence-corrected chi connectivity index (χ3v) is 2.97. The number of nitrogens with one attached hydrogen (secondary N) is 1. The number of nitrogens with zero attached hydrogens (tertiary/aromatic N) is 1. The Morgan fingerprint density at radius 3 is 2.78 bits per heavy atom. The van der Waals surface area contributed by atoms with E-state index in [-0.39, 0.29) is 18.1 Å². The predicted octanol–water partition coefficient (Wildman–Crippen LogP) is 1.70. The molecule has 0 saturated heterocycles. The predicted molar refractivity (Wildman–Crippen MR) is 69.4 cm³/mol. The smallest absolute Gasteiger partial charge is 0.304 e. The van der Waals surface area contributed by atoms with Crippen molar-refractivity contribution in [2.45, 2.75) is 6.42 Å². The van der Waals surface area contributed by atoms with Gasteiger partial charge in [0, 0.05) is 5.75 Å². The summed E-state index contributed by atoms with van der Waals surface area (Å²) in [6.45, 7) is 0. The number of anilines is 1. The number of carboxylic acids is 1. The van der Waals surface area contributed by atoms with Gasteiger partial charge in [-0.3, -0.25) is 9.59 Å². The number of nitriles is 1. The topological polar surface area (TPSA) is 90.2 Å². The molecule has 1 aromatic carbocycles. The summed E-state index contributed by atoms with van der Waals surface area (Å²) in [5, 5.41) is 19.9. The highest BCUT2D eigenvalue weighted by Crippen LogP contribution is 2.14. The summed E-state index contributed by atoms with van der Waals surface area (Å²) in [4.78, 5) is 21.8. The molecule has 1 rings (SSSR count). The van der Waals surface area contributed by atoms with E-state index in [9.17, 15) is 9.59 Å². The maximum atomic E-state index is 11.5. The fourth-order valence-corrected chi connectivity index (χ4v) is 1.92. The van der Waals surface area contributed by atoms with Gasteiger partial charge in [-0.1, -0.05) is 12.1 Å². The van der Waals surface area contributed by atoms with Crippen LogP contribution in [0.3, 0.4) is 0 Å². The molecule has 0 fully saturated rings. The van der Waals surface area contributed by atoms with Crippen LogP contribution in [0.1, 0.15) is 12.0 Å². The molecule has 18 heavy (non-hydrogen) atoms. The van der Waals surface area contributed by atoms with Crippen LogP contribution < -0.4 is 5.32 Å². The number of carboxylic acid groups (broad SMARTS) is 1. The van der Waals surface area contributed by atoms with Gasteiger partial charge in [-0.25, -0.2) is 0 Å². The third kappa shape index (κ3) is 4.89. The first-order chi connectivity index (χ1) is 8.63. The van der Waals surface area contributed by atoms with E-state index < -0.39 is 5.97 Å². The number of carbonyl (C=O) groups is 2. The molecule has 0 heterocycles. The Morgan fingerprint density at radius 1 is 1.39 bits per heavy atom. The number of hydrogen-bond acceptors (Lipinski definition) is 4. The van der Waals surface area contributed by atoms with E-state index in [0.29, 0.717) is 17.0 Å². The molecule has 0 aromatic heterocycles. The molecular formula is C12H12N2O3S. The highest BCUT2D eigenvalue weighted by molar-refractivity contribution is 7.99. The standard InChI is InChI=1S/C12H12N2O3S/c13-7-9-3-1-2-4-10(9)14-11(15)8-18-6-5-12(16)17/h1-4H,5-6,8H2,(H,14,15)(H,16,17). The molecule has 0 aliphatic carbocycles. The number of aliphatic carboxylic acids is 1. The minimum atomic E-state index is -0.877. The summed E-state index contributed by atoms with van der Waals surface area (Å²) >= 11 is 1.25. The molecule has 0 unspecified atom stereocenters. The van der Waals surface area contributed by atoms with Gasteiger partial charge in [0.25, 0.3) is 0 Å². The van der Waals surface area contributed by atoms with E-state index in [1.165, 1.54) is 11.8 Å². The normalized spacial score (nSPS) is 9.50. The van der Waals surface area contributed by atoms with E-state index in [4.69, 9.17) is 10.4 Å². The Hall–Kier alpha value is -2.00. The molecule has 6 heteroatoms. The highest BCUT2D eigenvalue weighted by Gasteiger charge is 2.06. The van der Waals surface area contributed by atoms with Crippen molar-refractivity contribution in [3.8, 4) is 6.07 Å². The summed E-state index contributed by atoms with van der Waals surface area (Å²) in [5.74, 6) is -0.554. The maximum absolute atomic E-state index is 11.5. The van der Waals surface area contributed by atoms with E-state index >= 15 is 0 Å². The largest absolute Gasteiger partial charge is 0.481 e. The Balaban J connectivity index is 2.41. The molecular weight excluding hydrogens is 252 g/mol. The van der Waals surface area contributed by atoms with Gasteiger partial charge in [-0.15, -0.1) is 0 Å². The minimum absolute atomic E-state index is 0.0345. The van der Waals surface area contributed by atoms with Crippen molar-refractivity contribution < 1.29 is 14.7 Å². The van der Waals surface area contributed by atoms with Crippen molar-refractivity contribution >= 4 is 29.3 Å². The van der Waals surface area contributed by atoms with Crippen LogP contribution in [-0.2, 0) is 9.59 Å². The molecule has 5 nitrogen and oxygen atoms in total. The fourth-order valence-electron chi connectivity index (χ4n) is 1.20. The van der Waals surface area contributed by atoms with Crippen molar-refractivity contribution in [1.82, 2.24) is 0 Å². The minimum Gasteiger partial charge on any atom is -0.481 e. The van der Waals surface area contributed by atoms with Crippen molar-refractivity contribution in [3.63, 3.8) is 0 Å². The average molecular weight is 264 g/mol. The lowest BCUT2D eigenvalue weighted by molar-refractivity contribution is -0.136. The van der Waals surface area contributed by atoms with Crippen LogP contribution in [-0.4, -0.2) is 28.5 Å². The van der Waals surface area contributed by atoms with E-state index in [1.54, 1.807) is 24.3 Å². The maximum Gasteiger partial charge on any atom is 0.304 e.